The first-order valence-electron chi connectivity index (χ1n) is 12.3. The van der Waals surface area contributed by atoms with Gasteiger partial charge in [-0.15, -0.1) is 0 Å². The lowest BCUT2D eigenvalue weighted by Gasteiger charge is -2.35. The molecule has 208 valence electrons. The summed E-state index contributed by atoms with van der Waals surface area (Å²) in [5.41, 5.74) is 1.91. The molecule has 11 nitrogen and oxygen atoms in total. The van der Waals surface area contributed by atoms with Crippen LogP contribution in [0.1, 0.15) is 6.92 Å². The molecule has 1 aliphatic heterocycles. The van der Waals surface area contributed by atoms with E-state index in [1.165, 1.54) is 32.7 Å². The van der Waals surface area contributed by atoms with Crippen molar-refractivity contribution in [3.05, 3.63) is 58.0 Å². The molecule has 1 aromatic heterocycles. The Morgan fingerprint density at radius 1 is 1.03 bits per heavy atom. The van der Waals surface area contributed by atoms with Crippen molar-refractivity contribution in [1.29, 1.82) is 0 Å². The average molecular weight is 576 g/mol. The maximum atomic E-state index is 13.5. The van der Waals surface area contributed by atoms with Gasteiger partial charge in [-0.05, 0) is 30.8 Å². The maximum absolute atomic E-state index is 13.5. The fourth-order valence-electron chi connectivity index (χ4n) is 4.19. The predicted octanol–water partition coefficient (Wildman–Crippen LogP) is 5.35. The Kier molecular flexibility index (Phi) is 8.98. The largest absolute Gasteiger partial charge is 0.617 e. The van der Waals surface area contributed by atoms with Gasteiger partial charge in [0, 0.05) is 43.6 Å². The molecule has 13 heteroatoms. The number of amides is 2. The van der Waals surface area contributed by atoms with E-state index < -0.39 is 10.7 Å². The maximum Gasteiger partial charge on any atom is 0.427 e. The van der Waals surface area contributed by atoms with Gasteiger partial charge < -0.3 is 29.8 Å². The number of carbonyl (C=O) groups excluding carboxylic acids is 1. The summed E-state index contributed by atoms with van der Waals surface area (Å²) in [5.74, 6) is 0.695. The number of urea groups is 1. The monoisotopic (exact) mass is 575 g/mol. The quantitative estimate of drug-likeness (QED) is 0.270. The molecular formula is C26H31Cl2N7O4. The van der Waals surface area contributed by atoms with Gasteiger partial charge in [0.1, 0.15) is 33.7 Å². The zero-order valence-corrected chi connectivity index (χ0v) is 23.7. The molecule has 1 fully saturated rings. The number of methoxy groups -OCH3 is 2. The molecule has 3 aromatic rings. The van der Waals surface area contributed by atoms with Crippen LogP contribution in [0.5, 0.6) is 11.5 Å². The molecule has 2 amide bonds. The van der Waals surface area contributed by atoms with E-state index >= 15 is 0 Å². The number of halogens is 2. The summed E-state index contributed by atoms with van der Waals surface area (Å²) in [4.78, 5) is 26.1. The Morgan fingerprint density at radius 3 is 2.21 bits per heavy atom. The molecular weight excluding hydrogens is 545 g/mol. The van der Waals surface area contributed by atoms with E-state index in [0.29, 0.717) is 5.82 Å². The molecule has 0 saturated carbocycles. The minimum Gasteiger partial charge on any atom is -0.617 e. The van der Waals surface area contributed by atoms with Crippen molar-refractivity contribution in [3.63, 3.8) is 0 Å². The minimum atomic E-state index is -1.51. The van der Waals surface area contributed by atoms with Crippen molar-refractivity contribution < 1.29 is 14.3 Å². The van der Waals surface area contributed by atoms with Gasteiger partial charge >= 0.3 is 6.03 Å². The molecule has 2 aromatic carbocycles. The molecule has 0 bridgehead atoms. The lowest BCUT2D eigenvalue weighted by Crippen LogP contribution is -2.48. The molecule has 2 heterocycles. The fourth-order valence-corrected chi connectivity index (χ4v) is 4.78. The van der Waals surface area contributed by atoms with Crippen LogP contribution in [0.2, 0.25) is 10.0 Å². The zero-order chi connectivity index (χ0) is 28.2. The van der Waals surface area contributed by atoms with E-state index in [1.807, 2.05) is 24.3 Å². The summed E-state index contributed by atoms with van der Waals surface area (Å²) in [6, 6.07) is 9.90. The van der Waals surface area contributed by atoms with Gasteiger partial charge in [0.2, 0.25) is 5.82 Å². The molecule has 4 rings (SSSR count). The SMILES string of the molecule is CCN1CCN(c2ccc(Nc3cc([N+](C)([O-])C(=O)Nc4c(Cl)c(OC)cc(OC)c4Cl)ncn3)cc2)CC1. The number of piperazine rings is 1. The van der Waals surface area contributed by atoms with Crippen LogP contribution in [-0.2, 0) is 0 Å². The van der Waals surface area contributed by atoms with Crippen molar-refractivity contribution in [2.45, 2.75) is 6.92 Å². The number of hydroxylamine groups is 2. The molecule has 1 unspecified atom stereocenters. The van der Waals surface area contributed by atoms with Gasteiger partial charge in [-0.25, -0.2) is 14.4 Å². The van der Waals surface area contributed by atoms with Gasteiger partial charge in [0.25, 0.3) is 0 Å². The third kappa shape index (κ3) is 6.29. The molecule has 0 aliphatic carbocycles. The van der Waals surface area contributed by atoms with Crippen LogP contribution in [0, 0.1) is 5.21 Å². The molecule has 0 spiro atoms. The summed E-state index contributed by atoms with van der Waals surface area (Å²) in [7, 11) is 3.96. The van der Waals surface area contributed by atoms with Crippen LogP contribution >= 0.6 is 23.2 Å². The standard InChI is InChI=1S/C26H31Cl2N7O4/c1-5-33-10-12-34(13-11-33)18-8-6-17(7-9-18)31-21-15-22(30-16-29-21)35(2,37)26(36)32-25-23(27)19(38-3)14-20(39-4)24(25)28/h6-9,14-16H,5,10-13H2,1-4H3,(H,32,36)(H,29,30,31). The highest BCUT2D eigenvalue weighted by molar-refractivity contribution is 6.41. The summed E-state index contributed by atoms with van der Waals surface area (Å²) >= 11 is 12.7. The summed E-state index contributed by atoms with van der Waals surface area (Å²) < 4.78 is 8.93. The molecule has 1 saturated heterocycles. The van der Waals surface area contributed by atoms with E-state index in [4.69, 9.17) is 32.7 Å². The number of quaternary nitrogens is 1. The number of ether oxygens (including phenoxy) is 2. The summed E-state index contributed by atoms with van der Waals surface area (Å²) in [6.07, 6.45) is 1.22. The van der Waals surface area contributed by atoms with E-state index in [-0.39, 0.29) is 33.0 Å². The van der Waals surface area contributed by atoms with Crippen molar-refractivity contribution in [2.75, 3.05) is 69.5 Å². The number of likely N-dealkylation sites (N-methyl/N-ethyl adjacent to an activating group) is 1. The normalized spacial score (nSPS) is 15.4. The van der Waals surface area contributed by atoms with Gasteiger partial charge in [-0.2, -0.15) is 4.98 Å². The number of nitrogens with zero attached hydrogens (tertiary/aromatic N) is 5. The Labute approximate surface area is 237 Å². The Morgan fingerprint density at radius 2 is 1.64 bits per heavy atom. The van der Waals surface area contributed by atoms with Crippen molar-refractivity contribution >= 4 is 57.9 Å². The van der Waals surface area contributed by atoms with Crippen LogP contribution < -0.4 is 29.7 Å². The Bertz CT molecular complexity index is 1290. The first kappa shape index (κ1) is 28.7. The number of carbonyl (C=O) groups is 1. The number of rotatable bonds is 8. The molecule has 1 aliphatic rings. The number of hydrogen-bond acceptors (Lipinski definition) is 9. The van der Waals surface area contributed by atoms with E-state index in [1.54, 1.807) is 0 Å². The van der Waals surface area contributed by atoms with Gasteiger partial charge in [0.05, 0.1) is 33.0 Å². The number of hydrogen-bond donors (Lipinski definition) is 2. The van der Waals surface area contributed by atoms with Crippen molar-refractivity contribution in [1.82, 2.24) is 19.5 Å². The second kappa shape index (κ2) is 12.2. The first-order valence-corrected chi connectivity index (χ1v) is 13.1. The number of anilines is 4. The Hall–Kier alpha value is -3.35. The molecule has 39 heavy (non-hydrogen) atoms. The van der Waals surface area contributed by atoms with Crippen LogP contribution in [0.4, 0.5) is 33.5 Å². The Balaban J connectivity index is 1.48. The highest BCUT2D eigenvalue weighted by atomic mass is 35.5. The first-order chi connectivity index (χ1) is 18.7. The second-order valence-electron chi connectivity index (χ2n) is 8.99. The topological polar surface area (TPSA) is 115 Å². The van der Waals surface area contributed by atoms with Crippen LogP contribution in [-0.4, -0.2) is 74.9 Å². The smallest absolute Gasteiger partial charge is 0.427 e. The number of aromatic nitrogens is 2. The molecule has 1 atom stereocenters. The molecule has 2 N–H and O–H groups in total. The third-order valence-electron chi connectivity index (χ3n) is 6.61. The lowest BCUT2D eigenvalue weighted by molar-refractivity contribution is 0.234. The third-order valence-corrected chi connectivity index (χ3v) is 7.36. The fraction of sp³-hybridized carbons (Fsp3) is 0.346. The van der Waals surface area contributed by atoms with Crippen LogP contribution in [0.3, 0.4) is 0 Å². The van der Waals surface area contributed by atoms with Crippen molar-refractivity contribution in [3.8, 4) is 11.5 Å². The van der Waals surface area contributed by atoms with E-state index in [2.05, 4.69) is 37.3 Å². The highest BCUT2D eigenvalue weighted by Gasteiger charge is 2.30. The minimum absolute atomic E-state index is 0.0108. The summed E-state index contributed by atoms with van der Waals surface area (Å²) in [6.45, 7) is 7.30. The van der Waals surface area contributed by atoms with E-state index in [9.17, 15) is 10.0 Å². The van der Waals surface area contributed by atoms with Crippen LogP contribution in [0.15, 0.2) is 42.7 Å². The highest BCUT2D eigenvalue weighted by Crippen LogP contribution is 2.44. The summed E-state index contributed by atoms with van der Waals surface area (Å²) in [5, 5.41) is 19.2. The predicted molar refractivity (Wildman–Crippen MR) is 156 cm³/mol. The molecule has 0 radical (unpaired) electrons. The van der Waals surface area contributed by atoms with Gasteiger partial charge in [0.15, 0.2) is 0 Å². The number of nitrogens with one attached hydrogen (secondary N) is 2. The second-order valence-corrected chi connectivity index (χ2v) is 9.75. The van der Waals surface area contributed by atoms with Crippen LogP contribution in [0.25, 0.3) is 0 Å². The van der Waals surface area contributed by atoms with Gasteiger partial charge in [-0.3, -0.25) is 5.32 Å². The van der Waals surface area contributed by atoms with Crippen molar-refractivity contribution in [2.24, 2.45) is 0 Å². The number of benzene rings is 2. The lowest BCUT2D eigenvalue weighted by atomic mass is 10.2. The van der Waals surface area contributed by atoms with Gasteiger partial charge in [-0.1, -0.05) is 30.1 Å². The average Bonchev–Trinajstić information content (AvgIpc) is 2.96. The van der Waals surface area contributed by atoms with E-state index in [0.717, 1.165) is 51.1 Å². The zero-order valence-electron chi connectivity index (χ0n) is 22.2.